The fraction of sp³-hybridized carbons (Fsp3) is 0.462. The minimum atomic E-state index is -0.211. The quantitative estimate of drug-likeness (QED) is 0.493. The Labute approximate surface area is 201 Å². The molecular weight excluding hydrogens is 438 g/mol. The van der Waals surface area contributed by atoms with Gasteiger partial charge in [-0.3, -0.25) is 9.59 Å². The Hall–Kier alpha value is -2.73. The molecule has 3 rings (SSSR count). The van der Waals surface area contributed by atoms with Crippen LogP contribution in [-0.2, 0) is 4.79 Å². The summed E-state index contributed by atoms with van der Waals surface area (Å²) in [5, 5.41) is 3.49. The molecule has 2 aromatic carbocycles. The Kier molecular flexibility index (Phi) is 9.01. The van der Waals surface area contributed by atoms with Crippen molar-refractivity contribution >= 4 is 34.8 Å². The molecule has 1 N–H and O–H groups in total. The van der Waals surface area contributed by atoms with Crippen LogP contribution in [0, 0.1) is 5.92 Å². The van der Waals surface area contributed by atoms with Gasteiger partial charge in [0.2, 0.25) is 5.91 Å². The monoisotopic (exact) mass is 471 g/mol. The highest BCUT2D eigenvalue weighted by molar-refractivity contribution is 6.33. The van der Waals surface area contributed by atoms with Crippen LogP contribution in [0.15, 0.2) is 42.5 Å². The number of piperazine rings is 1. The first-order valence-electron chi connectivity index (χ1n) is 11.7. The van der Waals surface area contributed by atoms with E-state index in [0.29, 0.717) is 54.1 Å². The van der Waals surface area contributed by atoms with Gasteiger partial charge in [0.05, 0.1) is 17.3 Å². The van der Waals surface area contributed by atoms with Crippen molar-refractivity contribution in [3.8, 4) is 5.75 Å². The topological polar surface area (TPSA) is 61.9 Å². The lowest BCUT2D eigenvalue weighted by Crippen LogP contribution is -2.49. The van der Waals surface area contributed by atoms with Crippen molar-refractivity contribution in [3.63, 3.8) is 0 Å². The third-order valence-corrected chi connectivity index (χ3v) is 5.93. The lowest BCUT2D eigenvalue weighted by molar-refractivity contribution is -0.132. The fourth-order valence-electron chi connectivity index (χ4n) is 3.78. The standard InChI is InChI=1S/C26H34ClN3O3/c1-4-5-15-33-22-8-6-7-20(17-22)26(32)28-21-9-10-24(23(27)18-21)29-11-13-30(14-12-29)25(31)16-19(2)3/h6-10,17-19H,4-5,11-16H2,1-3H3,(H,28,32). The largest absolute Gasteiger partial charge is 0.494 e. The first-order valence-corrected chi connectivity index (χ1v) is 12.1. The van der Waals surface area contributed by atoms with E-state index < -0.39 is 0 Å². The summed E-state index contributed by atoms with van der Waals surface area (Å²) in [5.41, 5.74) is 2.08. The number of benzene rings is 2. The molecule has 7 heteroatoms. The molecule has 1 fully saturated rings. The van der Waals surface area contributed by atoms with Crippen molar-refractivity contribution < 1.29 is 14.3 Å². The predicted octanol–water partition coefficient (Wildman–Crippen LogP) is 5.47. The number of carbonyl (C=O) groups is 2. The normalized spacial score (nSPS) is 13.8. The zero-order valence-corrected chi connectivity index (χ0v) is 20.5. The Bertz CT molecular complexity index is 956. The molecule has 2 aromatic rings. The van der Waals surface area contributed by atoms with Crippen LogP contribution in [0.5, 0.6) is 5.75 Å². The number of nitrogens with zero attached hydrogens (tertiary/aromatic N) is 2. The first-order chi connectivity index (χ1) is 15.9. The molecule has 0 unspecified atom stereocenters. The predicted molar refractivity (Wildman–Crippen MR) is 134 cm³/mol. The summed E-state index contributed by atoms with van der Waals surface area (Å²) in [6, 6.07) is 12.7. The summed E-state index contributed by atoms with van der Waals surface area (Å²) >= 11 is 6.56. The molecule has 1 aliphatic rings. The van der Waals surface area contributed by atoms with Crippen LogP contribution in [-0.4, -0.2) is 49.5 Å². The molecule has 0 aromatic heterocycles. The van der Waals surface area contributed by atoms with E-state index in [2.05, 4.69) is 31.0 Å². The number of hydrogen-bond acceptors (Lipinski definition) is 4. The molecule has 1 aliphatic heterocycles. The Morgan fingerprint density at radius 1 is 1.09 bits per heavy atom. The van der Waals surface area contributed by atoms with Gasteiger partial charge in [0.15, 0.2) is 0 Å². The van der Waals surface area contributed by atoms with Crippen molar-refractivity contribution in [1.82, 2.24) is 4.90 Å². The molecular formula is C26H34ClN3O3. The minimum Gasteiger partial charge on any atom is -0.494 e. The van der Waals surface area contributed by atoms with Gasteiger partial charge in [0.25, 0.3) is 5.91 Å². The Morgan fingerprint density at radius 2 is 1.85 bits per heavy atom. The highest BCUT2D eigenvalue weighted by Gasteiger charge is 2.23. The highest BCUT2D eigenvalue weighted by atomic mass is 35.5. The van der Waals surface area contributed by atoms with Gasteiger partial charge in [0.1, 0.15) is 5.75 Å². The average molecular weight is 472 g/mol. The maximum absolute atomic E-state index is 12.7. The molecule has 178 valence electrons. The van der Waals surface area contributed by atoms with Crippen LogP contribution in [0.1, 0.15) is 50.4 Å². The van der Waals surface area contributed by atoms with E-state index in [9.17, 15) is 9.59 Å². The van der Waals surface area contributed by atoms with Gasteiger partial charge in [-0.15, -0.1) is 0 Å². The Balaban J connectivity index is 1.58. The second-order valence-electron chi connectivity index (χ2n) is 8.82. The van der Waals surface area contributed by atoms with Crippen molar-refractivity contribution in [2.24, 2.45) is 5.92 Å². The number of anilines is 2. The number of amides is 2. The van der Waals surface area contributed by atoms with Crippen molar-refractivity contribution in [2.45, 2.75) is 40.0 Å². The molecule has 0 atom stereocenters. The van der Waals surface area contributed by atoms with Gasteiger partial charge in [-0.25, -0.2) is 0 Å². The van der Waals surface area contributed by atoms with E-state index in [1.54, 1.807) is 18.2 Å². The van der Waals surface area contributed by atoms with E-state index in [4.69, 9.17) is 16.3 Å². The lowest BCUT2D eigenvalue weighted by atomic mass is 10.1. The zero-order valence-electron chi connectivity index (χ0n) is 19.8. The number of hydrogen-bond donors (Lipinski definition) is 1. The molecule has 0 saturated carbocycles. The lowest BCUT2D eigenvalue weighted by Gasteiger charge is -2.36. The molecule has 33 heavy (non-hydrogen) atoms. The van der Waals surface area contributed by atoms with Gasteiger partial charge in [-0.1, -0.05) is 44.9 Å². The summed E-state index contributed by atoms with van der Waals surface area (Å²) in [6.07, 6.45) is 2.62. The summed E-state index contributed by atoms with van der Waals surface area (Å²) < 4.78 is 5.70. The minimum absolute atomic E-state index is 0.211. The number of unbranched alkanes of at least 4 members (excludes halogenated alkanes) is 1. The summed E-state index contributed by atoms with van der Waals surface area (Å²) in [6.45, 7) is 9.73. The van der Waals surface area contributed by atoms with E-state index in [1.807, 2.05) is 29.2 Å². The number of nitrogens with one attached hydrogen (secondary N) is 1. The highest BCUT2D eigenvalue weighted by Crippen LogP contribution is 2.30. The number of carbonyl (C=O) groups excluding carboxylic acids is 2. The summed E-state index contributed by atoms with van der Waals surface area (Å²) in [4.78, 5) is 29.1. The van der Waals surface area contributed by atoms with Crippen LogP contribution in [0.4, 0.5) is 11.4 Å². The van der Waals surface area contributed by atoms with Crippen molar-refractivity contribution in [2.75, 3.05) is 43.0 Å². The molecule has 0 bridgehead atoms. The van der Waals surface area contributed by atoms with E-state index in [0.717, 1.165) is 31.6 Å². The van der Waals surface area contributed by atoms with E-state index >= 15 is 0 Å². The van der Waals surface area contributed by atoms with E-state index in [-0.39, 0.29) is 11.8 Å². The van der Waals surface area contributed by atoms with Crippen LogP contribution < -0.4 is 15.0 Å². The molecule has 1 heterocycles. The molecule has 0 aliphatic carbocycles. The maximum Gasteiger partial charge on any atom is 0.255 e. The van der Waals surface area contributed by atoms with Crippen molar-refractivity contribution in [1.29, 1.82) is 0 Å². The van der Waals surface area contributed by atoms with Gasteiger partial charge < -0.3 is 19.9 Å². The number of rotatable bonds is 9. The van der Waals surface area contributed by atoms with E-state index in [1.165, 1.54) is 0 Å². The number of halogens is 1. The molecule has 2 amide bonds. The van der Waals surface area contributed by atoms with Crippen LogP contribution in [0.2, 0.25) is 5.02 Å². The SMILES string of the molecule is CCCCOc1cccc(C(=O)Nc2ccc(N3CCN(C(=O)CC(C)C)CC3)c(Cl)c2)c1. The van der Waals surface area contributed by atoms with Crippen molar-refractivity contribution in [3.05, 3.63) is 53.1 Å². The van der Waals surface area contributed by atoms with Crippen LogP contribution in [0.3, 0.4) is 0 Å². The molecule has 1 saturated heterocycles. The maximum atomic E-state index is 12.7. The zero-order chi connectivity index (χ0) is 23.8. The third-order valence-electron chi connectivity index (χ3n) is 5.62. The van der Waals surface area contributed by atoms with Gasteiger partial charge in [-0.2, -0.15) is 0 Å². The Morgan fingerprint density at radius 3 is 2.52 bits per heavy atom. The smallest absolute Gasteiger partial charge is 0.255 e. The summed E-state index contributed by atoms with van der Waals surface area (Å²) in [5.74, 6) is 1.06. The van der Waals surface area contributed by atoms with Crippen LogP contribution >= 0.6 is 11.6 Å². The first kappa shape index (κ1) is 24.9. The third kappa shape index (κ3) is 7.13. The fourth-order valence-corrected chi connectivity index (χ4v) is 4.08. The molecule has 0 radical (unpaired) electrons. The van der Waals surface area contributed by atoms with Gasteiger partial charge in [-0.05, 0) is 48.7 Å². The van der Waals surface area contributed by atoms with Gasteiger partial charge >= 0.3 is 0 Å². The molecule has 0 spiro atoms. The van der Waals surface area contributed by atoms with Crippen LogP contribution in [0.25, 0.3) is 0 Å². The summed E-state index contributed by atoms with van der Waals surface area (Å²) in [7, 11) is 0. The van der Waals surface area contributed by atoms with Gasteiger partial charge in [0, 0.05) is 43.9 Å². The second-order valence-corrected chi connectivity index (χ2v) is 9.22. The second kappa shape index (κ2) is 11.9. The molecule has 6 nitrogen and oxygen atoms in total. The number of ether oxygens (including phenoxy) is 1. The average Bonchev–Trinajstić information content (AvgIpc) is 2.79.